The Balaban J connectivity index is 0.00000274. The summed E-state index contributed by atoms with van der Waals surface area (Å²) < 4.78 is 31.5. The lowest BCUT2D eigenvalue weighted by Gasteiger charge is -2.33. The number of hydrogen-bond acceptors (Lipinski definition) is 6. The molecule has 1 aromatic carbocycles. The summed E-state index contributed by atoms with van der Waals surface area (Å²) in [5.41, 5.74) is 1.84. The van der Waals surface area contributed by atoms with Crippen molar-refractivity contribution in [1.82, 2.24) is 29.2 Å². The minimum atomic E-state index is -0.601. The van der Waals surface area contributed by atoms with Gasteiger partial charge in [0.25, 0.3) is 0 Å². The van der Waals surface area contributed by atoms with Crippen LogP contribution in [0.15, 0.2) is 12.1 Å². The Hall–Kier alpha value is -2.36. The van der Waals surface area contributed by atoms with Crippen molar-refractivity contribution in [2.24, 2.45) is 0 Å². The van der Waals surface area contributed by atoms with Gasteiger partial charge in [-0.05, 0) is 14.1 Å². The zero-order valence-electron chi connectivity index (χ0n) is 19.8. The van der Waals surface area contributed by atoms with Gasteiger partial charge in [-0.2, -0.15) is 0 Å². The average Bonchev–Trinajstić information content (AvgIpc) is 3.17. The minimum absolute atomic E-state index is 0. The first-order valence-electron chi connectivity index (χ1n) is 12.0. The number of nitrogens with zero attached hydrogens (tertiary/aromatic N) is 7. The van der Waals surface area contributed by atoms with Crippen LogP contribution in [0.4, 0.5) is 14.6 Å². The SMILES string of the molecule is C.CCc1nc2c(N3CCN(C)CC3)nc3cc(F)cc(F)c3c2n1CCN1CCN(C)CC1. The molecule has 3 aromatic rings. The third-order valence-electron chi connectivity index (χ3n) is 7.11. The van der Waals surface area contributed by atoms with Gasteiger partial charge in [-0.25, -0.2) is 18.7 Å². The molecule has 0 aliphatic carbocycles. The first-order chi connectivity index (χ1) is 15.9. The van der Waals surface area contributed by atoms with Crippen molar-refractivity contribution in [1.29, 1.82) is 0 Å². The molecular weight excluding hydrogens is 436 g/mol. The largest absolute Gasteiger partial charge is 0.352 e. The fraction of sp³-hybridized carbons (Fsp3) is 0.600. The van der Waals surface area contributed by atoms with E-state index >= 15 is 4.39 Å². The van der Waals surface area contributed by atoms with E-state index in [1.165, 1.54) is 6.07 Å². The molecule has 2 fully saturated rings. The highest BCUT2D eigenvalue weighted by atomic mass is 19.1. The highest BCUT2D eigenvalue weighted by Crippen LogP contribution is 2.34. The Morgan fingerprint density at radius 2 is 1.50 bits per heavy atom. The third-order valence-corrected chi connectivity index (χ3v) is 7.11. The van der Waals surface area contributed by atoms with Gasteiger partial charge < -0.3 is 19.3 Å². The first-order valence-corrected chi connectivity index (χ1v) is 12.0. The molecule has 0 bridgehead atoms. The zero-order chi connectivity index (χ0) is 23.1. The van der Waals surface area contributed by atoms with Crippen LogP contribution in [-0.2, 0) is 13.0 Å². The van der Waals surface area contributed by atoms with Crippen molar-refractivity contribution in [3.05, 3.63) is 29.6 Å². The molecule has 0 saturated carbocycles. The predicted octanol–water partition coefficient (Wildman–Crippen LogP) is 3.06. The number of anilines is 1. The van der Waals surface area contributed by atoms with Gasteiger partial charge >= 0.3 is 0 Å². The Labute approximate surface area is 200 Å². The summed E-state index contributed by atoms with van der Waals surface area (Å²) in [7, 11) is 4.25. The highest BCUT2D eigenvalue weighted by Gasteiger charge is 2.25. The molecule has 186 valence electrons. The van der Waals surface area contributed by atoms with Gasteiger partial charge in [-0.3, -0.25) is 4.90 Å². The summed E-state index contributed by atoms with van der Waals surface area (Å²) >= 11 is 0. The van der Waals surface area contributed by atoms with Gasteiger partial charge in [-0.15, -0.1) is 0 Å². The number of aryl methyl sites for hydroxylation is 1. The molecular formula is C25H37F2N7. The molecule has 4 heterocycles. The lowest BCUT2D eigenvalue weighted by atomic mass is 10.1. The molecule has 0 unspecified atom stereocenters. The highest BCUT2D eigenvalue weighted by molar-refractivity contribution is 6.07. The standard InChI is InChI=1S/C24H33F2N7.CH4/c1-4-20-28-22-23(33(20)14-11-31-9-5-29(2)6-10-31)21-18(26)15-17(25)16-19(21)27-24(22)32-12-7-30(3)8-13-32;/h15-16H,4-14H2,1-3H3;1H4. The summed E-state index contributed by atoms with van der Waals surface area (Å²) in [6, 6.07) is 2.31. The molecule has 34 heavy (non-hydrogen) atoms. The van der Waals surface area contributed by atoms with Gasteiger partial charge in [0.05, 0.1) is 16.4 Å². The van der Waals surface area contributed by atoms with Gasteiger partial charge in [0.2, 0.25) is 0 Å². The van der Waals surface area contributed by atoms with E-state index in [9.17, 15) is 4.39 Å². The van der Waals surface area contributed by atoms with E-state index in [4.69, 9.17) is 9.97 Å². The van der Waals surface area contributed by atoms with Crippen LogP contribution >= 0.6 is 0 Å². The summed E-state index contributed by atoms with van der Waals surface area (Å²) in [6.07, 6.45) is 0.740. The predicted molar refractivity (Wildman–Crippen MR) is 135 cm³/mol. The van der Waals surface area contributed by atoms with Crippen molar-refractivity contribution in [3.63, 3.8) is 0 Å². The van der Waals surface area contributed by atoms with E-state index in [1.807, 2.05) is 0 Å². The first kappa shape index (κ1) is 24.8. The number of likely N-dealkylation sites (N-methyl/N-ethyl adjacent to an activating group) is 2. The Bertz CT molecular complexity index is 1150. The van der Waals surface area contributed by atoms with E-state index in [0.717, 1.165) is 101 Å². The number of imidazole rings is 1. The van der Waals surface area contributed by atoms with Crippen molar-refractivity contribution < 1.29 is 8.78 Å². The second kappa shape index (κ2) is 10.1. The van der Waals surface area contributed by atoms with Gasteiger partial charge in [0.15, 0.2) is 5.82 Å². The lowest BCUT2D eigenvalue weighted by molar-refractivity contribution is 0.150. The molecule has 2 aliphatic heterocycles. The van der Waals surface area contributed by atoms with Gasteiger partial charge in [0, 0.05) is 84.0 Å². The molecule has 2 aliphatic rings. The van der Waals surface area contributed by atoms with E-state index in [0.29, 0.717) is 10.9 Å². The zero-order valence-corrected chi connectivity index (χ0v) is 19.8. The van der Waals surface area contributed by atoms with E-state index in [2.05, 4.69) is 45.2 Å². The number of rotatable bonds is 5. The second-order valence-corrected chi connectivity index (χ2v) is 9.38. The fourth-order valence-corrected chi connectivity index (χ4v) is 5.02. The smallest absolute Gasteiger partial charge is 0.157 e. The minimum Gasteiger partial charge on any atom is -0.352 e. The quantitative estimate of drug-likeness (QED) is 0.568. The van der Waals surface area contributed by atoms with Crippen molar-refractivity contribution in [3.8, 4) is 0 Å². The molecule has 2 aromatic heterocycles. The van der Waals surface area contributed by atoms with Crippen LogP contribution in [0.2, 0.25) is 0 Å². The molecule has 0 N–H and O–H groups in total. The molecule has 5 rings (SSSR count). The molecule has 0 radical (unpaired) electrons. The molecule has 9 heteroatoms. The Kier molecular flexibility index (Phi) is 7.35. The van der Waals surface area contributed by atoms with E-state index < -0.39 is 11.6 Å². The maximum Gasteiger partial charge on any atom is 0.157 e. The number of pyridine rings is 1. The van der Waals surface area contributed by atoms with Crippen LogP contribution in [0, 0.1) is 11.6 Å². The number of halogens is 2. The summed E-state index contributed by atoms with van der Waals surface area (Å²) in [6.45, 7) is 11.3. The number of fused-ring (bicyclic) bond motifs is 3. The summed E-state index contributed by atoms with van der Waals surface area (Å²) in [4.78, 5) is 19.0. The van der Waals surface area contributed by atoms with E-state index in [1.54, 1.807) is 0 Å². The van der Waals surface area contributed by atoms with Crippen molar-refractivity contribution >= 4 is 27.8 Å². The molecule has 0 spiro atoms. The van der Waals surface area contributed by atoms with E-state index in [-0.39, 0.29) is 7.43 Å². The number of hydrogen-bond donors (Lipinski definition) is 0. The summed E-state index contributed by atoms with van der Waals surface area (Å²) in [5.74, 6) is 0.488. The van der Waals surface area contributed by atoms with Crippen LogP contribution in [0.25, 0.3) is 21.9 Å². The van der Waals surface area contributed by atoms with Gasteiger partial charge in [-0.1, -0.05) is 14.4 Å². The Morgan fingerprint density at radius 1 is 0.853 bits per heavy atom. The average molecular weight is 474 g/mol. The van der Waals surface area contributed by atoms with Crippen LogP contribution in [0.5, 0.6) is 0 Å². The molecule has 0 amide bonds. The van der Waals surface area contributed by atoms with Crippen LogP contribution < -0.4 is 4.90 Å². The maximum absolute atomic E-state index is 15.2. The van der Waals surface area contributed by atoms with Crippen LogP contribution in [-0.4, -0.2) is 102 Å². The fourth-order valence-electron chi connectivity index (χ4n) is 5.02. The number of piperazine rings is 2. The summed E-state index contributed by atoms with van der Waals surface area (Å²) in [5, 5.41) is 0.370. The van der Waals surface area contributed by atoms with Crippen molar-refractivity contribution in [2.75, 3.05) is 77.9 Å². The topological polar surface area (TPSA) is 43.7 Å². The normalized spacial score (nSPS) is 18.7. The molecule has 2 saturated heterocycles. The number of aromatic nitrogens is 3. The third kappa shape index (κ3) is 4.61. The van der Waals surface area contributed by atoms with Gasteiger partial charge in [0.1, 0.15) is 23.0 Å². The van der Waals surface area contributed by atoms with Crippen LogP contribution in [0.1, 0.15) is 20.2 Å². The van der Waals surface area contributed by atoms with Crippen LogP contribution in [0.3, 0.4) is 0 Å². The molecule has 7 nitrogen and oxygen atoms in total. The van der Waals surface area contributed by atoms with Crippen molar-refractivity contribution in [2.45, 2.75) is 27.3 Å². The lowest BCUT2D eigenvalue weighted by Crippen LogP contribution is -2.45. The molecule has 0 atom stereocenters. The maximum atomic E-state index is 15.2. The second-order valence-electron chi connectivity index (χ2n) is 9.38. The Morgan fingerprint density at radius 3 is 2.15 bits per heavy atom. The number of benzene rings is 1. The monoisotopic (exact) mass is 473 g/mol.